The molecule has 2 heteroatoms. The number of hydrogen-bond donors (Lipinski definition) is 2. The quantitative estimate of drug-likeness (QED) is 0.586. The molecule has 0 heterocycles. The third-order valence-electron chi connectivity index (χ3n) is 3.59. The standard InChI is InChI=1S/C15H26N2/c1-5-6-13(4)15(17-16)10-14-9-11(2)7-8-12(14)3/h7-9,13,15,17H,5-6,10,16H2,1-4H3. The number of rotatable bonds is 6. The molecule has 0 saturated carbocycles. The fraction of sp³-hybridized carbons (Fsp3) is 0.600. The van der Waals surface area contributed by atoms with E-state index in [1.165, 1.54) is 29.5 Å². The average molecular weight is 234 g/mol. The Labute approximate surface area is 106 Å². The Balaban J connectivity index is 2.76. The molecule has 0 aliphatic carbocycles. The van der Waals surface area contributed by atoms with Crippen LogP contribution >= 0.6 is 0 Å². The van der Waals surface area contributed by atoms with Crippen molar-refractivity contribution < 1.29 is 0 Å². The number of nitrogens with two attached hydrogens (primary N) is 1. The van der Waals surface area contributed by atoms with E-state index in [1.807, 2.05) is 0 Å². The molecular formula is C15H26N2. The topological polar surface area (TPSA) is 38.0 Å². The maximum atomic E-state index is 5.69. The summed E-state index contributed by atoms with van der Waals surface area (Å²) in [5.41, 5.74) is 7.08. The first-order valence-corrected chi connectivity index (χ1v) is 6.60. The minimum atomic E-state index is 0.371. The van der Waals surface area contributed by atoms with Crippen molar-refractivity contribution >= 4 is 0 Å². The highest BCUT2D eigenvalue weighted by atomic mass is 15.2. The summed E-state index contributed by atoms with van der Waals surface area (Å²) in [5, 5.41) is 0. The summed E-state index contributed by atoms with van der Waals surface area (Å²) in [6.07, 6.45) is 3.46. The minimum Gasteiger partial charge on any atom is -0.271 e. The van der Waals surface area contributed by atoms with Gasteiger partial charge in [-0.3, -0.25) is 11.3 Å². The highest BCUT2D eigenvalue weighted by Gasteiger charge is 2.16. The van der Waals surface area contributed by atoms with Crippen LogP contribution in [0.1, 0.15) is 43.4 Å². The number of hydrazine groups is 1. The molecule has 3 N–H and O–H groups in total. The van der Waals surface area contributed by atoms with Crippen LogP contribution in [-0.4, -0.2) is 6.04 Å². The highest BCUT2D eigenvalue weighted by molar-refractivity contribution is 5.31. The normalized spacial score (nSPS) is 14.6. The molecule has 0 radical (unpaired) electrons. The molecular weight excluding hydrogens is 208 g/mol. The van der Waals surface area contributed by atoms with Gasteiger partial charge in [0, 0.05) is 6.04 Å². The van der Waals surface area contributed by atoms with Crippen LogP contribution in [0.2, 0.25) is 0 Å². The van der Waals surface area contributed by atoms with Crippen LogP contribution in [0.5, 0.6) is 0 Å². The Bertz CT molecular complexity index is 347. The molecule has 1 aromatic rings. The molecule has 0 aromatic heterocycles. The number of nitrogens with one attached hydrogen (secondary N) is 1. The van der Waals surface area contributed by atoms with Crippen LogP contribution in [0, 0.1) is 19.8 Å². The lowest BCUT2D eigenvalue weighted by Crippen LogP contribution is -2.41. The van der Waals surface area contributed by atoms with Gasteiger partial charge in [-0.1, -0.05) is 44.0 Å². The van der Waals surface area contributed by atoms with E-state index in [4.69, 9.17) is 5.84 Å². The lowest BCUT2D eigenvalue weighted by Gasteiger charge is -2.24. The summed E-state index contributed by atoms with van der Waals surface area (Å²) in [6, 6.07) is 7.01. The van der Waals surface area contributed by atoms with Gasteiger partial charge >= 0.3 is 0 Å². The zero-order chi connectivity index (χ0) is 12.8. The molecule has 96 valence electrons. The second kappa shape index (κ2) is 6.77. The van der Waals surface area contributed by atoms with Crippen molar-refractivity contribution in [1.29, 1.82) is 0 Å². The fourth-order valence-electron chi connectivity index (χ4n) is 2.34. The van der Waals surface area contributed by atoms with Crippen LogP contribution in [0.3, 0.4) is 0 Å². The Morgan fingerprint density at radius 1 is 1.29 bits per heavy atom. The van der Waals surface area contributed by atoms with Gasteiger partial charge < -0.3 is 0 Å². The number of hydrogen-bond acceptors (Lipinski definition) is 2. The first-order chi connectivity index (χ1) is 8.08. The van der Waals surface area contributed by atoms with Gasteiger partial charge in [0.2, 0.25) is 0 Å². The van der Waals surface area contributed by atoms with E-state index in [9.17, 15) is 0 Å². The summed E-state index contributed by atoms with van der Waals surface area (Å²) in [6.45, 7) is 8.82. The van der Waals surface area contributed by atoms with Gasteiger partial charge in [-0.15, -0.1) is 0 Å². The molecule has 2 nitrogen and oxygen atoms in total. The molecule has 0 spiro atoms. The highest BCUT2D eigenvalue weighted by Crippen LogP contribution is 2.18. The van der Waals surface area contributed by atoms with Crippen molar-refractivity contribution in [2.75, 3.05) is 0 Å². The number of aryl methyl sites for hydroxylation is 2. The third kappa shape index (κ3) is 4.14. The monoisotopic (exact) mass is 234 g/mol. The predicted molar refractivity (Wildman–Crippen MR) is 74.8 cm³/mol. The van der Waals surface area contributed by atoms with Crippen LogP contribution in [-0.2, 0) is 6.42 Å². The minimum absolute atomic E-state index is 0.371. The van der Waals surface area contributed by atoms with Crippen molar-refractivity contribution in [2.45, 2.75) is 53.0 Å². The lowest BCUT2D eigenvalue weighted by molar-refractivity contribution is 0.356. The first kappa shape index (κ1) is 14.2. The molecule has 2 atom stereocenters. The summed E-state index contributed by atoms with van der Waals surface area (Å²) in [5.74, 6) is 6.31. The molecule has 0 aliphatic heterocycles. The molecule has 1 aromatic carbocycles. The smallest absolute Gasteiger partial charge is 0.0276 e. The van der Waals surface area contributed by atoms with Crippen molar-refractivity contribution in [3.8, 4) is 0 Å². The molecule has 2 unspecified atom stereocenters. The van der Waals surface area contributed by atoms with Crippen molar-refractivity contribution in [2.24, 2.45) is 11.8 Å². The Morgan fingerprint density at radius 2 is 2.00 bits per heavy atom. The zero-order valence-corrected chi connectivity index (χ0v) is 11.6. The summed E-state index contributed by atoms with van der Waals surface area (Å²) in [7, 11) is 0. The molecule has 0 saturated heterocycles. The van der Waals surface area contributed by atoms with Crippen molar-refractivity contribution in [3.05, 3.63) is 34.9 Å². The van der Waals surface area contributed by atoms with Crippen molar-refractivity contribution in [3.63, 3.8) is 0 Å². The second-order valence-corrected chi connectivity index (χ2v) is 5.17. The van der Waals surface area contributed by atoms with E-state index in [0.29, 0.717) is 12.0 Å². The van der Waals surface area contributed by atoms with Gasteiger partial charge in [-0.05, 0) is 43.7 Å². The van der Waals surface area contributed by atoms with Gasteiger partial charge in [0.05, 0.1) is 0 Å². The molecule has 0 aliphatic rings. The summed E-state index contributed by atoms with van der Waals surface area (Å²) < 4.78 is 0. The van der Waals surface area contributed by atoms with E-state index in [-0.39, 0.29) is 0 Å². The van der Waals surface area contributed by atoms with E-state index < -0.39 is 0 Å². The van der Waals surface area contributed by atoms with E-state index in [1.54, 1.807) is 0 Å². The first-order valence-electron chi connectivity index (χ1n) is 6.60. The van der Waals surface area contributed by atoms with Crippen molar-refractivity contribution in [1.82, 2.24) is 5.43 Å². The van der Waals surface area contributed by atoms with Crippen LogP contribution in [0.4, 0.5) is 0 Å². The van der Waals surface area contributed by atoms with E-state index in [2.05, 4.69) is 51.3 Å². The second-order valence-electron chi connectivity index (χ2n) is 5.17. The number of benzene rings is 1. The summed E-state index contributed by atoms with van der Waals surface area (Å²) in [4.78, 5) is 0. The van der Waals surface area contributed by atoms with Gasteiger partial charge in [-0.2, -0.15) is 0 Å². The molecule has 0 amide bonds. The van der Waals surface area contributed by atoms with Crippen LogP contribution < -0.4 is 11.3 Å². The Hall–Kier alpha value is -0.860. The third-order valence-corrected chi connectivity index (χ3v) is 3.59. The van der Waals surface area contributed by atoms with Crippen LogP contribution in [0.25, 0.3) is 0 Å². The molecule has 0 bridgehead atoms. The van der Waals surface area contributed by atoms with Gasteiger partial charge in [-0.25, -0.2) is 0 Å². The zero-order valence-electron chi connectivity index (χ0n) is 11.6. The fourth-order valence-corrected chi connectivity index (χ4v) is 2.34. The molecule has 1 rings (SSSR count). The largest absolute Gasteiger partial charge is 0.271 e. The van der Waals surface area contributed by atoms with Gasteiger partial charge in [0.15, 0.2) is 0 Å². The summed E-state index contributed by atoms with van der Waals surface area (Å²) >= 11 is 0. The molecule has 0 fully saturated rings. The average Bonchev–Trinajstić information content (AvgIpc) is 2.30. The van der Waals surface area contributed by atoms with Crippen LogP contribution in [0.15, 0.2) is 18.2 Å². The van der Waals surface area contributed by atoms with E-state index >= 15 is 0 Å². The maximum absolute atomic E-state index is 5.69. The lowest BCUT2D eigenvalue weighted by atomic mass is 9.90. The van der Waals surface area contributed by atoms with Gasteiger partial charge in [0.1, 0.15) is 0 Å². The SMILES string of the molecule is CCCC(C)C(Cc1cc(C)ccc1C)NN. The predicted octanol–water partition coefficient (Wildman–Crippen LogP) is 3.11. The van der Waals surface area contributed by atoms with E-state index in [0.717, 1.165) is 6.42 Å². The maximum Gasteiger partial charge on any atom is 0.0276 e. The van der Waals surface area contributed by atoms with Gasteiger partial charge in [0.25, 0.3) is 0 Å². The molecule has 17 heavy (non-hydrogen) atoms. The Kier molecular flexibility index (Phi) is 5.66. The Morgan fingerprint density at radius 3 is 2.59 bits per heavy atom.